The van der Waals surface area contributed by atoms with Crippen molar-refractivity contribution in [2.45, 2.75) is 77.8 Å². The number of ether oxygens (including phenoxy) is 3. The largest absolute Gasteiger partial charge is 0.491 e. The molecule has 0 spiro atoms. The standard InChI is InChI=1S/C30H41N3O6/c1-20(2)26(32-27(34)21(3)31-29(36)39-30(4,5)6)28(35)33-18-25(38-24-15-11-8-12-16-24)17-22(33)19-37-23-13-9-7-10-14-23/h7-16,20-22,25-26H,17-19H2,1-6H3,(H,31,36)(H,32,34)/t21-,22-,25-,26-/m0/s1. The molecule has 212 valence electrons. The smallest absolute Gasteiger partial charge is 0.408 e. The summed E-state index contributed by atoms with van der Waals surface area (Å²) in [6.45, 7) is 11.2. The summed E-state index contributed by atoms with van der Waals surface area (Å²) in [5.41, 5.74) is -0.693. The van der Waals surface area contributed by atoms with Crippen molar-refractivity contribution >= 4 is 17.9 Å². The van der Waals surface area contributed by atoms with Gasteiger partial charge < -0.3 is 29.7 Å². The van der Waals surface area contributed by atoms with E-state index in [1.807, 2.05) is 74.5 Å². The molecule has 9 nitrogen and oxygen atoms in total. The highest BCUT2D eigenvalue weighted by molar-refractivity contribution is 5.91. The molecule has 39 heavy (non-hydrogen) atoms. The first-order chi connectivity index (χ1) is 18.4. The van der Waals surface area contributed by atoms with Crippen LogP contribution in [0.4, 0.5) is 4.79 Å². The molecule has 0 aliphatic carbocycles. The molecule has 9 heteroatoms. The molecule has 0 unspecified atom stereocenters. The first-order valence-electron chi connectivity index (χ1n) is 13.4. The van der Waals surface area contributed by atoms with Crippen LogP contribution >= 0.6 is 0 Å². The molecule has 2 N–H and O–H groups in total. The minimum Gasteiger partial charge on any atom is -0.491 e. The maximum absolute atomic E-state index is 13.9. The monoisotopic (exact) mass is 539 g/mol. The van der Waals surface area contributed by atoms with Gasteiger partial charge >= 0.3 is 6.09 Å². The van der Waals surface area contributed by atoms with E-state index in [4.69, 9.17) is 14.2 Å². The molecule has 1 fully saturated rings. The van der Waals surface area contributed by atoms with Crippen molar-refractivity contribution in [2.75, 3.05) is 13.2 Å². The van der Waals surface area contributed by atoms with Crippen molar-refractivity contribution in [3.63, 3.8) is 0 Å². The Morgan fingerprint density at radius 3 is 2.08 bits per heavy atom. The summed E-state index contributed by atoms with van der Waals surface area (Å²) in [5, 5.41) is 5.37. The number of benzene rings is 2. The van der Waals surface area contributed by atoms with E-state index in [2.05, 4.69) is 10.6 Å². The molecule has 2 aromatic carbocycles. The molecule has 0 saturated carbocycles. The molecule has 0 bridgehead atoms. The molecular formula is C30H41N3O6. The molecule has 1 aliphatic rings. The lowest BCUT2D eigenvalue weighted by Crippen LogP contribution is -2.57. The van der Waals surface area contributed by atoms with Crippen LogP contribution in [0.25, 0.3) is 0 Å². The maximum atomic E-state index is 13.9. The Morgan fingerprint density at radius 2 is 1.51 bits per heavy atom. The first-order valence-corrected chi connectivity index (χ1v) is 13.4. The zero-order chi connectivity index (χ0) is 28.6. The van der Waals surface area contributed by atoms with Gasteiger partial charge in [-0.05, 0) is 57.9 Å². The van der Waals surface area contributed by atoms with Crippen LogP contribution in [0.15, 0.2) is 60.7 Å². The number of nitrogens with one attached hydrogen (secondary N) is 2. The van der Waals surface area contributed by atoms with Gasteiger partial charge in [0.15, 0.2) is 0 Å². The number of para-hydroxylation sites is 2. The molecule has 3 rings (SSSR count). The Bertz CT molecular complexity index is 1090. The van der Waals surface area contributed by atoms with E-state index in [0.717, 1.165) is 5.75 Å². The molecule has 1 heterocycles. The zero-order valence-corrected chi connectivity index (χ0v) is 23.7. The summed E-state index contributed by atoms with van der Waals surface area (Å²) in [6.07, 6.45) is -0.337. The summed E-state index contributed by atoms with van der Waals surface area (Å²) in [5.74, 6) is 0.563. The summed E-state index contributed by atoms with van der Waals surface area (Å²) in [6, 6.07) is 17.0. The number of carbonyl (C=O) groups excluding carboxylic acids is 3. The fraction of sp³-hybridized carbons (Fsp3) is 0.500. The van der Waals surface area contributed by atoms with Crippen LogP contribution in [0.3, 0.4) is 0 Å². The molecule has 2 aromatic rings. The number of carbonyl (C=O) groups is 3. The van der Waals surface area contributed by atoms with Crippen molar-refractivity contribution in [2.24, 2.45) is 5.92 Å². The number of amides is 3. The van der Waals surface area contributed by atoms with Crippen LogP contribution < -0.4 is 20.1 Å². The normalized spacial score (nSPS) is 18.7. The highest BCUT2D eigenvalue weighted by atomic mass is 16.6. The van der Waals surface area contributed by atoms with Crippen molar-refractivity contribution < 1.29 is 28.6 Å². The highest BCUT2D eigenvalue weighted by Gasteiger charge is 2.41. The number of hydrogen-bond acceptors (Lipinski definition) is 6. The Morgan fingerprint density at radius 1 is 0.923 bits per heavy atom. The van der Waals surface area contributed by atoms with Crippen LogP contribution in [-0.2, 0) is 14.3 Å². The molecule has 1 aliphatic heterocycles. The third-order valence-electron chi connectivity index (χ3n) is 6.25. The maximum Gasteiger partial charge on any atom is 0.408 e. The zero-order valence-electron chi connectivity index (χ0n) is 23.7. The molecule has 3 amide bonds. The van der Waals surface area contributed by atoms with Crippen molar-refractivity contribution in [3.05, 3.63) is 60.7 Å². The Balaban J connectivity index is 1.71. The van der Waals surface area contributed by atoms with Crippen LogP contribution in [0.2, 0.25) is 0 Å². The lowest BCUT2D eigenvalue weighted by molar-refractivity contribution is -0.139. The van der Waals surface area contributed by atoms with Crippen molar-refractivity contribution in [1.82, 2.24) is 15.5 Å². The topological polar surface area (TPSA) is 106 Å². The predicted molar refractivity (Wildman–Crippen MR) is 149 cm³/mol. The van der Waals surface area contributed by atoms with E-state index < -0.39 is 29.7 Å². The average molecular weight is 540 g/mol. The van der Waals surface area contributed by atoms with E-state index in [-0.39, 0.29) is 24.0 Å². The second-order valence-electron chi connectivity index (χ2n) is 11.2. The van der Waals surface area contributed by atoms with Gasteiger partial charge in [0, 0.05) is 6.42 Å². The van der Waals surface area contributed by atoms with Gasteiger partial charge in [-0.25, -0.2) is 4.79 Å². The van der Waals surface area contributed by atoms with E-state index in [1.165, 1.54) is 0 Å². The summed E-state index contributed by atoms with van der Waals surface area (Å²) in [7, 11) is 0. The summed E-state index contributed by atoms with van der Waals surface area (Å²) in [4.78, 5) is 40.7. The molecule has 1 saturated heterocycles. The van der Waals surface area contributed by atoms with E-state index in [1.54, 1.807) is 32.6 Å². The van der Waals surface area contributed by atoms with Gasteiger partial charge in [0.05, 0.1) is 12.6 Å². The summed E-state index contributed by atoms with van der Waals surface area (Å²) >= 11 is 0. The van der Waals surface area contributed by atoms with Gasteiger partial charge in [0.1, 0.15) is 41.9 Å². The van der Waals surface area contributed by atoms with Gasteiger partial charge in [-0.3, -0.25) is 9.59 Å². The van der Waals surface area contributed by atoms with Crippen LogP contribution in [0, 0.1) is 5.92 Å². The number of likely N-dealkylation sites (tertiary alicyclic amines) is 1. The van der Waals surface area contributed by atoms with Gasteiger partial charge in [-0.1, -0.05) is 50.2 Å². The minimum atomic E-state index is -0.890. The van der Waals surface area contributed by atoms with Gasteiger partial charge in [0.25, 0.3) is 0 Å². The van der Waals surface area contributed by atoms with Crippen LogP contribution in [-0.4, -0.2) is 65.8 Å². The molecular weight excluding hydrogens is 498 g/mol. The summed E-state index contributed by atoms with van der Waals surface area (Å²) < 4.78 is 17.4. The Labute approximate surface area is 231 Å². The van der Waals surface area contributed by atoms with E-state index in [9.17, 15) is 14.4 Å². The SMILES string of the molecule is CC(C)[C@H](NC(=O)[C@H](C)NC(=O)OC(C)(C)C)C(=O)N1C[C@@H](Oc2ccccc2)C[C@H]1COc1ccccc1. The van der Waals surface area contributed by atoms with Crippen molar-refractivity contribution in [1.29, 1.82) is 0 Å². The van der Waals surface area contributed by atoms with Crippen LogP contribution in [0.1, 0.15) is 48.0 Å². The average Bonchev–Trinajstić information content (AvgIpc) is 3.27. The lowest BCUT2D eigenvalue weighted by atomic mass is 10.0. The fourth-order valence-electron chi connectivity index (χ4n) is 4.31. The Kier molecular flexibility index (Phi) is 10.2. The van der Waals surface area contributed by atoms with Gasteiger partial charge in [0.2, 0.25) is 11.8 Å². The molecule has 0 aromatic heterocycles. The second-order valence-corrected chi connectivity index (χ2v) is 11.2. The minimum absolute atomic E-state index is 0.194. The number of alkyl carbamates (subject to hydrolysis) is 1. The number of nitrogens with zero attached hydrogens (tertiary/aromatic N) is 1. The fourth-order valence-corrected chi connectivity index (χ4v) is 4.31. The predicted octanol–water partition coefficient (Wildman–Crippen LogP) is 4.17. The third-order valence-corrected chi connectivity index (χ3v) is 6.25. The second kappa shape index (κ2) is 13.4. The molecule has 0 radical (unpaired) electrons. The highest BCUT2D eigenvalue weighted by Crippen LogP contribution is 2.26. The van der Waals surface area contributed by atoms with E-state index >= 15 is 0 Å². The van der Waals surface area contributed by atoms with Gasteiger partial charge in [-0.15, -0.1) is 0 Å². The van der Waals surface area contributed by atoms with E-state index in [0.29, 0.717) is 25.3 Å². The third kappa shape index (κ3) is 9.19. The van der Waals surface area contributed by atoms with Gasteiger partial charge in [-0.2, -0.15) is 0 Å². The quantitative estimate of drug-likeness (QED) is 0.470. The Hall–Kier alpha value is -3.75. The number of hydrogen-bond donors (Lipinski definition) is 2. The molecule has 4 atom stereocenters. The first kappa shape index (κ1) is 29.8. The van der Waals surface area contributed by atoms with Crippen molar-refractivity contribution in [3.8, 4) is 11.5 Å². The van der Waals surface area contributed by atoms with Crippen LogP contribution in [0.5, 0.6) is 11.5 Å². The number of rotatable bonds is 10. The lowest BCUT2D eigenvalue weighted by Gasteiger charge is -2.31.